The molecule has 0 saturated carbocycles. The summed E-state index contributed by atoms with van der Waals surface area (Å²) in [6.45, 7) is 6.28. The van der Waals surface area contributed by atoms with Gasteiger partial charge in [0.05, 0.1) is 0 Å². The number of carbonyl (C=O) groups is 1. The molecule has 0 fully saturated rings. The molecule has 1 N–H and O–H groups in total. The Labute approximate surface area is 145 Å². The van der Waals surface area contributed by atoms with E-state index in [0.717, 1.165) is 5.69 Å². The number of benzene rings is 1. The predicted molar refractivity (Wildman–Crippen MR) is 95.1 cm³/mol. The van der Waals surface area contributed by atoms with Crippen molar-refractivity contribution >= 4 is 23.4 Å². The van der Waals surface area contributed by atoms with Crippen LogP contribution in [0.5, 0.6) is 0 Å². The molecule has 0 aliphatic rings. The van der Waals surface area contributed by atoms with Gasteiger partial charge in [-0.2, -0.15) is 0 Å². The van der Waals surface area contributed by atoms with Gasteiger partial charge in [0.15, 0.2) is 5.82 Å². The second kappa shape index (κ2) is 7.12. The second-order valence-corrected chi connectivity index (χ2v) is 5.55. The fraction of sp³-hybridized carbons (Fsp3) is 0.222. The van der Waals surface area contributed by atoms with E-state index in [2.05, 4.69) is 20.4 Å². The number of nitrogens with zero attached hydrogens (tertiary/aromatic N) is 4. The molecule has 3 rings (SSSR count). The number of para-hydroxylation sites is 1. The van der Waals surface area contributed by atoms with Gasteiger partial charge in [-0.1, -0.05) is 23.4 Å². The Balaban J connectivity index is 1.90. The summed E-state index contributed by atoms with van der Waals surface area (Å²) >= 11 is 0. The van der Waals surface area contributed by atoms with Crippen LogP contribution in [0, 0.1) is 13.8 Å². The summed E-state index contributed by atoms with van der Waals surface area (Å²) in [6.07, 6.45) is 0. The van der Waals surface area contributed by atoms with Crippen LogP contribution in [0.25, 0.3) is 0 Å². The highest BCUT2D eigenvalue weighted by molar-refractivity contribution is 6.02. The zero-order valence-electron chi connectivity index (χ0n) is 14.4. The lowest BCUT2D eigenvalue weighted by Gasteiger charge is -2.21. The normalized spacial score (nSPS) is 10.5. The quantitative estimate of drug-likeness (QED) is 0.767. The van der Waals surface area contributed by atoms with Gasteiger partial charge >= 0.3 is 0 Å². The summed E-state index contributed by atoms with van der Waals surface area (Å²) in [5.41, 5.74) is 1.95. The van der Waals surface area contributed by atoms with Crippen molar-refractivity contribution < 1.29 is 9.32 Å². The van der Waals surface area contributed by atoms with Crippen LogP contribution in [-0.4, -0.2) is 27.6 Å². The number of carbonyl (C=O) groups excluding carboxylic acids is 1. The standard InChI is InChI=1S/C18H19N5O2/c1-4-23(14-8-6-5-7-9-14)18-19-12(2)10-15(20-18)17(24)21-16-11-13(3)25-22-16/h5-11H,4H2,1-3H3,(H,21,22,24). The van der Waals surface area contributed by atoms with Gasteiger partial charge in [-0.05, 0) is 39.0 Å². The number of anilines is 3. The van der Waals surface area contributed by atoms with E-state index in [1.54, 1.807) is 19.1 Å². The molecule has 7 heteroatoms. The molecule has 0 aliphatic carbocycles. The smallest absolute Gasteiger partial charge is 0.275 e. The van der Waals surface area contributed by atoms with Gasteiger partial charge in [-0.3, -0.25) is 4.79 Å². The van der Waals surface area contributed by atoms with Crippen molar-refractivity contribution in [1.29, 1.82) is 0 Å². The average molecular weight is 337 g/mol. The number of amides is 1. The van der Waals surface area contributed by atoms with Crippen molar-refractivity contribution in [2.45, 2.75) is 20.8 Å². The summed E-state index contributed by atoms with van der Waals surface area (Å²) in [4.78, 5) is 23.3. The van der Waals surface area contributed by atoms with E-state index in [4.69, 9.17) is 4.52 Å². The minimum atomic E-state index is -0.357. The van der Waals surface area contributed by atoms with Crippen molar-refractivity contribution in [3.8, 4) is 0 Å². The molecular formula is C18H19N5O2. The first-order valence-corrected chi connectivity index (χ1v) is 7.99. The zero-order valence-corrected chi connectivity index (χ0v) is 14.4. The van der Waals surface area contributed by atoms with Gasteiger partial charge in [-0.15, -0.1) is 0 Å². The van der Waals surface area contributed by atoms with E-state index < -0.39 is 0 Å². The number of rotatable bonds is 5. The Morgan fingerprint density at radius 2 is 1.92 bits per heavy atom. The molecule has 7 nitrogen and oxygen atoms in total. The molecule has 128 valence electrons. The van der Waals surface area contributed by atoms with Crippen LogP contribution in [0.15, 0.2) is 47.0 Å². The highest BCUT2D eigenvalue weighted by atomic mass is 16.5. The van der Waals surface area contributed by atoms with E-state index in [0.29, 0.717) is 29.8 Å². The van der Waals surface area contributed by atoms with Gasteiger partial charge in [0, 0.05) is 24.0 Å². The van der Waals surface area contributed by atoms with Crippen LogP contribution in [0.4, 0.5) is 17.5 Å². The van der Waals surface area contributed by atoms with Crippen LogP contribution in [0.1, 0.15) is 28.9 Å². The van der Waals surface area contributed by atoms with E-state index in [9.17, 15) is 4.79 Å². The molecule has 3 aromatic rings. The molecule has 2 heterocycles. The maximum Gasteiger partial charge on any atom is 0.275 e. The first kappa shape index (κ1) is 16.6. The highest BCUT2D eigenvalue weighted by Crippen LogP contribution is 2.22. The van der Waals surface area contributed by atoms with Crippen molar-refractivity contribution in [2.24, 2.45) is 0 Å². The van der Waals surface area contributed by atoms with Crippen molar-refractivity contribution in [3.63, 3.8) is 0 Å². The topological polar surface area (TPSA) is 84.2 Å². The Morgan fingerprint density at radius 3 is 2.56 bits per heavy atom. The third-order valence-electron chi connectivity index (χ3n) is 3.57. The first-order valence-electron chi connectivity index (χ1n) is 7.99. The van der Waals surface area contributed by atoms with Gasteiger partial charge in [0.1, 0.15) is 11.5 Å². The monoisotopic (exact) mass is 337 g/mol. The van der Waals surface area contributed by atoms with Crippen LogP contribution >= 0.6 is 0 Å². The summed E-state index contributed by atoms with van der Waals surface area (Å²) < 4.78 is 4.96. The molecule has 1 aromatic carbocycles. The Hall–Kier alpha value is -3.22. The number of hydrogen-bond donors (Lipinski definition) is 1. The zero-order chi connectivity index (χ0) is 17.8. The fourth-order valence-corrected chi connectivity index (χ4v) is 2.44. The van der Waals surface area contributed by atoms with E-state index in [-0.39, 0.29) is 11.6 Å². The third kappa shape index (κ3) is 3.82. The Morgan fingerprint density at radius 1 is 1.16 bits per heavy atom. The first-order chi connectivity index (χ1) is 12.1. The summed E-state index contributed by atoms with van der Waals surface area (Å²) in [7, 11) is 0. The molecule has 0 bridgehead atoms. The molecule has 25 heavy (non-hydrogen) atoms. The minimum Gasteiger partial charge on any atom is -0.360 e. The SMILES string of the molecule is CCN(c1ccccc1)c1nc(C)cc(C(=O)Nc2cc(C)on2)n1. The Kier molecular flexibility index (Phi) is 4.74. The number of nitrogens with one attached hydrogen (secondary N) is 1. The number of aromatic nitrogens is 3. The van der Waals surface area contributed by atoms with E-state index >= 15 is 0 Å². The molecule has 0 saturated heterocycles. The summed E-state index contributed by atoms with van der Waals surface area (Å²) in [6, 6.07) is 13.1. The van der Waals surface area contributed by atoms with Crippen molar-refractivity contribution in [1.82, 2.24) is 15.1 Å². The van der Waals surface area contributed by atoms with Gasteiger partial charge in [0.25, 0.3) is 5.91 Å². The lowest BCUT2D eigenvalue weighted by Crippen LogP contribution is -2.22. The molecule has 0 atom stereocenters. The minimum absolute atomic E-state index is 0.275. The number of hydrogen-bond acceptors (Lipinski definition) is 6. The van der Waals surface area contributed by atoms with E-state index in [1.165, 1.54) is 0 Å². The largest absolute Gasteiger partial charge is 0.360 e. The molecule has 0 spiro atoms. The maximum absolute atomic E-state index is 12.5. The molecule has 0 aliphatic heterocycles. The summed E-state index contributed by atoms with van der Waals surface area (Å²) in [5.74, 6) is 1.10. The molecule has 0 unspecified atom stereocenters. The second-order valence-electron chi connectivity index (χ2n) is 5.55. The molecular weight excluding hydrogens is 318 g/mol. The van der Waals surface area contributed by atoms with Crippen LogP contribution < -0.4 is 10.2 Å². The number of aryl methyl sites for hydroxylation is 2. The van der Waals surface area contributed by atoms with Crippen molar-refractivity contribution in [2.75, 3.05) is 16.8 Å². The Bertz CT molecular complexity index is 876. The van der Waals surface area contributed by atoms with Crippen LogP contribution in [0.3, 0.4) is 0 Å². The van der Waals surface area contributed by atoms with Gasteiger partial charge in [-0.25, -0.2) is 9.97 Å². The van der Waals surface area contributed by atoms with Crippen molar-refractivity contribution in [3.05, 3.63) is 59.6 Å². The van der Waals surface area contributed by atoms with Crippen LogP contribution in [0.2, 0.25) is 0 Å². The van der Waals surface area contributed by atoms with Crippen LogP contribution in [-0.2, 0) is 0 Å². The maximum atomic E-state index is 12.5. The highest BCUT2D eigenvalue weighted by Gasteiger charge is 2.16. The third-order valence-corrected chi connectivity index (χ3v) is 3.57. The average Bonchev–Trinajstić information content (AvgIpc) is 3.01. The molecule has 2 aromatic heterocycles. The lowest BCUT2D eigenvalue weighted by atomic mass is 10.3. The predicted octanol–water partition coefficient (Wildman–Crippen LogP) is 3.49. The summed E-state index contributed by atoms with van der Waals surface area (Å²) in [5, 5.41) is 6.44. The molecule has 0 radical (unpaired) electrons. The molecule has 1 amide bonds. The van der Waals surface area contributed by atoms with E-state index in [1.807, 2.05) is 49.1 Å². The fourth-order valence-electron chi connectivity index (χ4n) is 2.44. The lowest BCUT2D eigenvalue weighted by molar-refractivity contribution is 0.102. The van der Waals surface area contributed by atoms with Gasteiger partial charge in [0.2, 0.25) is 5.95 Å². The van der Waals surface area contributed by atoms with Gasteiger partial charge < -0.3 is 14.7 Å².